The van der Waals surface area contributed by atoms with E-state index in [1.54, 1.807) is 31.2 Å². The highest BCUT2D eigenvalue weighted by Gasteiger charge is 2.17. The monoisotopic (exact) mass is 321 g/mol. The average Bonchev–Trinajstić information content (AvgIpc) is 2.48. The van der Waals surface area contributed by atoms with Gasteiger partial charge in [-0.3, -0.25) is 4.72 Å². The molecular weight excluding hydrogens is 302 g/mol. The summed E-state index contributed by atoms with van der Waals surface area (Å²) in [6, 6.07) is 10.9. The van der Waals surface area contributed by atoms with E-state index in [0.29, 0.717) is 12.4 Å². The lowest BCUT2D eigenvalue weighted by atomic mass is 10.2. The van der Waals surface area contributed by atoms with E-state index in [9.17, 15) is 13.5 Å². The van der Waals surface area contributed by atoms with Crippen LogP contribution in [0, 0.1) is 6.92 Å². The third kappa shape index (κ3) is 3.71. The van der Waals surface area contributed by atoms with E-state index in [1.165, 1.54) is 18.2 Å². The van der Waals surface area contributed by atoms with Gasteiger partial charge in [-0.05, 0) is 49.2 Å². The highest BCUT2D eigenvalue weighted by atomic mass is 32.2. The molecule has 2 aromatic rings. The fourth-order valence-electron chi connectivity index (χ4n) is 1.93. The van der Waals surface area contributed by atoms with Crippen LogP contribution in [0.5, 0.6) is 11.5 Å². The molecule has 0 spiro atoms. The summed E-state index contributed by atoms with van der Waals surface area (Å²) >= 11 is 0. The Morgan fingerprint density at radius 2 is 1.91 bits per heavy atom. The van der Waals surface area contributed by atoms with Gasteiger partial charge in [0, 0.05) is 0 Å². The van der Waals surface area contributed by atoms with Crippen LogP contribution in [-0.2, 0) is 10.0 Å². The van der Waals surface area contributed by atoms with Crippen molar-refractivity contribution in [2.45, 2.75) is 25.2 Å². The van der Waals surface area contributed by atoms with Crippen LogP contribution < -0.4 is 9.46 Å². The second-order valence-corrected chi connectivity index (χ2v) is 6.58. The zero-order chi connectivity index (χ0) is 16.2. The third-order valence-corrected chi connectivity index (χ3v) is 4.43. The van der Waals surface area contributed by atoms with Crippen LogP contribution in [0.15, 0.2) is 47.4 Å². The first-order valence-electron chi connectivity index (χ1n) is 6.98. The van der Waals surface area contributed by atoms with Gasteiger partial charge in [-0.2, -0.15) is 0 Å². The highest BCUT2D eigenvalue weighted by molar-refractivity contribution is 7.92. The maximum Gasteiger partial charge on any atom is 0.262 e. The first-order valence-corrected chi connectivity index (χ1v) is 8.46. The summed E-state index contributed by atoms with van der Waals surface area (Å²) in [6.45, 7) is 4.39. The van der Waals surface area contributed by atoms with Crippen molar-refractivity contribution >= 4 is 15.7 Å². The summed E-state index contributed by atoms with van der Waals surface area (Å²) in [6.07, 6.45) is 0.883. The Balaban J connectivity index is 2.26. The van der Waals surface area contributed by atoms with E-state index in [4.69, 9.17) is 4.74 Å². The molecular formula is C16H19NO4S. The molecule has 5 nitrogen and oxygen atoms in total. The van der Waals surface area contributed by atoms with E-state index in [1.807, 2.05) is 6.92 Å². The number of aromatic hydroxyl groups is 1. The molecule has 22 heavy (non-hydrogen) atoms. The summed E-state index contributed by atoms with van der Waals surface area (Å²) in [5, 5.41) is 9.67. The predicted molar refractivity (Wildman–Crippen MR) is 85.9 cm³/mol. The predicted octanol–water partition coefficient (Wildman–Crippen LogP) is 3.29. The molecule has 2 rings (SSSR count). The van der Waals surface area contributed by atoms with Crippen LogP contribution in [-0.4, -0.2) is 20.1 Å². The Morgan fingerprint density at radius 3 is 2.55 bits per heavy atom. The summed E-state index contributed by atoms with van der Waals surface area (Å²) in [5.74, 6) is 0.550. The first-order chi connectivity index (χ1) is 10.4. The minimum atomic E-state index is -3.76. The van der Waals surface area contributed by atoms with Crippen LogP contribution in [0.25, 0.3) is 0 Å². The third-order valence-electron chi connectivity index (χ3n) is 3.07. The quantitative estimate of drug-likeness (QED) is 0.801. The van der Waals surface area contributed by atoms with Gasteiger partial charge in [0.05, 0.1) is 17.2 Å². The minimum absolute atomic E-state index is 0.120. The molecule has 118 valence electrons. The van der Waals surface area contributed by atoms with Crippen LogP contribution in [0.3, 0.4) is 0 Å². The number of benzene rings is 2. The van der Waals surface area contributed by atoms with Gasteiger partial charge >= 0.3 is 0 Å². The van der Waals surface area contributed by atoms with Gasteiger partial charge in [-0.25, -0.2) is 8.42 Å². The van der Waals surface area contributed by atoms with Crippen molar-refractivity contribution in [1.29, 1.82) is 0 Å². The molecule has 0 unspecified atom stereocenters. The summed E-state index contributed by atoms with van der Waals surface area (Å²) < 4.78 is 32.6. The number of phenols is 1. The van der Waals surface area contributed by atoms with Crippen molar-refractivity contribution in [2.75, 3.05) is 11.3 Å². The smallest absolute Gasteiger partial charge is 0.262 e. The average molecular weight is 321 g/mol. The molecule has 0 amide bonds. The number of para-hydroxylation sites is 2. The summed E-state index contributed by atoms with van der Waals surface area (Å²) in [4.78, 5) is 0.122. The van der Waals surface area contributed by atoms with Gasteiger partial charge < -0.3 is 9.84 Å². The Labute approximate surface area is 130 Å². The Kier molecular flexibility index (Phi) is 4.92. The normalized spacial score (nSPS) is 11.2. The molecule has 0 saturated heterocycles. The number of hydrogen-bond acceptors (Lipinski definition) is 4. The van der Waals surface area contributed by atoms with E-state index in [2.05, 4.69) is 4.72 Å². The van der Waals surface area contributed by atoms with Crippen molar-refractivity contribution < 1.29 is 18.3 Å². The number of phenolic OH excluding ortho intramolecular Hbond substituents is 1. The molecule has 2 N–H and O–H groups in total. The Hall–Kier alpha value is -2.21. The molecule has 0 aliphatic rings. The van der Waals surface area contributed by atoms with Crippen molar-refractivity contribution in [3.63, 3.8) is 0 Å². The second-order valence-electron chi connectivity index (χ2n) is 4.90. The minimum Gasteiger partial charge on any atom is -0.506 e. The molecule has 2 aromatic carbocycles. The number of ether oxygens (including phenoxy) is 1. The lowest BCUT2D eigenvalue weighted by Crippen LogP contribution is -2.13. The standard InChI is InChI=1S/C16H19NO4S/c1-3-10-21-16-9-8-13(11-12(16)2)22(19,20)17-14-6-4-5-7-15(14)18/h4-9,11,17-18H,3,10H2,1-2H3. The Morgan fingerprint density at radius 1 is 1.18 bits per heavy atom. The number of aryl methyl sites for hydroxylation is 1. The van der Waals surface area contributed by atoms with Gasteiger partial charge in [-0.15, -0.1) is 0 Å². The molecule has 0 radical (unpaired) electrons. The maximum absolute atomic E-state index is 12.4. The number of anilines is 1. The van der Waals surface area contributed by atoms with Crippen LogP contribution >= 0.6 is 0 Å². The molecule has 0 heterocycles. The van der Waals surface area contributed by atoms with Crippen molar-refractivity contribution in [2.24, 2.45) is 0 Å². The van der Waals surface area contributed by atoms with Crippen molar-refractivity contribution in [3.05, 3.63) is 48.0 Å². The van der Waals surface area contributed by atoms with Gasteiger partial charge in [0.15, 0.2) is 0 Å². The zero-order valence-corrected chi connectivity index (χ0v) is 13.4. The first kappa shape index (κ1) is 16.2. The number of rotatable bonds is 6. The Bertz CT molecular complexity index is 756. The van der Waals surface area contributed by atoms with Crippen molar-refractivity contribution in [3.8, 4) is 11.5 Å². The SMILES string of the molecule is CCCOc1ccc(S(=O)(=O)Nc2ccccc2O)cc1C. The molecule has 0 saturated carbocycles. The summed E-state index contributed by atoms with van der Waals surface area (Å²) in [5.41, 5.74) is 0.889. The van der Waals surface area contributed by atoms with Gasteiger partial charge in [0.25, 0.3) is 10.0 Å². The molecule has 0 aliphatic carbocycles. The summed E-state index contributed by atoms with van der Waals surface area (Å²) in [7, 11) is -3.76. The maximum atomic E-state index is 12.4. The molecule has 0 fully saturated rings. The van der Waals surface area contributed by atoms with E-state index in [-0.39, 0.29) is 16.3 Å². The lowest BCUT2D eigenvalue weighted by molar-refractivity contribution is 0.315. The lowest BCUT2D eigenvalue weighted by Gasteiger charge is -2.12. The van der Waals surface area contributed by atoms with E-state index in [0.717, 1.165) is 12.0 Å². The van der Waals surface area contributed by atoms with Crippen LogP contribution in [0.1, 0.15) is 18.9 Å². The van der Waals surface area contributed by atoms with Gasteiger partial charge in [0.1, 0.15) is 11.5 Å². The zero-order valence-electron chi connectivity index (χ0n) is 12.5. The second kappa shape index (κ2) is 6.70. The van der Waals surface area contributed by atoms with E-state index < -0.39 is 10.0 Å². The molecule has 0 aliphatic heterocycles. The number of nitrogens with one attached hydrogen (secondary N) is 1. The highest BCUT2D eigenvalue weighted by Crippen LogP contribution is 2.27. The molecule has 0 aromatic heterocycles. The topological polar surface area (TPSA) is 75.6 Å². The van der Waals surface area contributed by atoms with Crippen LogP contribution in [0.4, 0.5) is 5.69 Å². The van der Waals surface area contributed by atoms with Crippen molar-refractivity contribution in [1.82, 2.24) is 0 Å². The molecule has 0 bridgehead atoms. The molecule has 0 atom stereocenters. The largest absolute Gasteiger partial charge is 0.506 e. The van der Waals surface area contributed by atoms with Crippen LogP contribution in [0.2, 0.25) is 0 Å². The van der Waals surface area contributed by atoms with E-state index >= 15 is 0 Å². The molecule has 6 heteroatoms. The number of hydrogen-bond donors (Lipinski definition) is 2. The fourth-order valence-corrected chi connectivity index (χ4v) is 3.09. The fraction of sp³-hybridized carbons (Fsp3) is 0.250. The van der Waals surface area contributed by atoms with Gasteiger partial charge in [-0.1, -0.05) is 19.1 Å². The van der Waals surface area contributed by atoms with Gasteiger partial charge in [0.2, 0.25) is 0 Å². The number of sulfonamides is 1.